The minimum absolute atomic E-state index is 0.105. The molecule has 0 aliphatic rings. The summed E-state index contributed by atoms with van der Waals surface area (Å²) in [6.07, 6.45) is 0. The number of thiazole rings is 1. The van der Waals surface area contributed by atoms with Crippen LogP contribution in [-0.2, 0) is 4.74 Å². The first-order valence-electron chi connectivity index (χ1n) is 4.05. The minimum Gasteiger partial charge on any atom is -0.461 e. The molecule has 0 aromatic carbocycles. The summed E-state index contributed by atoms with van der Waals surface area (Å²) in [5, 5.41) is 1.69. The lowest BCUT2D eigenvalue weighted by atomic mass is 10.3. The van der Waals surface area contributed by atoms with Crippen LogP contribution in [0.15, 0.2) is 5.38 Å². The van der Waals surface area contributed by atoms with Gasteiger partial charge in [0.2, 0.25) is 5.01 Å². The van der Waals surface area contributed by atoms with Crippen molar-refractivity contribution in [2.24, 2.45) is 5.73 Å². The number of esters is 1. The highest BCUT2D eigenvalue weighted by Gasteiger charge is 2.14. The van der Waals surface area contributed by atoms with E-state index in [1.165, 1.54) is 5.38 Å². The van der Waals surface area contributed by atoms with Gasteiger partial charge in [0, 0.05) is 5.38 Å². The number of aromatic nitrogens is 1. The number of carbonyl (C=O) groups excluding carboxylic acids is 2. The maximum atomic E-state index is 11.2. The molecule has 1 rings (SSSR count). The third-order valence-electron chi connectivity index (χ3n) is 1.43. The molecule has 0 unspecified atom stereocenters. The SMILES string of the molecule is CCOC(=O)c1nc(C(=O)CN)cs1. The number of hydrogen-bond donors (Lipinski definition) is 1. The van der Waals surface area contributed by atoms with Gasteiger partial charge in [0.15, 0.2) is 5.78 Å². The molecule has 0 saturated heterocycles. The van der Waals surface area contributed by atoms with Crippen molar-refractivity contribution in [1.82, 2.24) is 4.98 Å². The topological polar surface area (TPSA) is 82.3 Å². The van der Waals surface area contributed by atoms with Gasteiger partial charge in [0.05, 0.1) is 13.2 Å². The molecular formula is C8H10N2O3S. The van der Waals surface area contributed by atoms with Crippen molar-refractivity contribution in [3.05, 3.63) is 16.1 Å². The van der Waals surface area contributed by atoms with E-state index >= 15 is 0 Å². The zero-order chi connectivity index (χ0) is 10.6. The Morgan fingerprint density at radius 1 is 1.64 bits per heavy atom. The second kappa shape index (κ2) is 4.83. The van der Waals surface area contributed by atoms with Gasteiger partial charge in [0.1, 0.15) is 5.69 Å². The smallest absolute Gasteiger partial charge is 0.367 e. The van der Waals surface area contributed by atoms with E-state index in [4.69, 9.17) is 10.5 Å². The number of nitrogens with zero attached hydrogens (tertiary/aromatic N) is 1. The van der Waals surface area contributed by atoms with Crippen LogP contribution in [0.25, 0.3) is 0 Å². The fraction of sp³-hybridized carbons (Fsp3) is 0.375. The zero-order valence-electron chi connectivity index (χ0n) is 7.65. The molecule has 14 heavy (non-hydrogen) atoms. The summed E-state index contributed by atoms with van der Waals surface area (Å²) in [7, 11) is 0. The van der Waals surface area contributed by atoms with Crippen molar-refractivity contribution >= 4 is 23.1 Å². The number of Topliss-reactive ketones (excluding diaryl/α,β-unsaturated/α-hetero) is 1. The summed E-state index contributed by atoms with van der Waals surface area (Å²) in [6.45, 7) is 1.89. The maximum absolute atomic E-state index is 11.2. The Kier molecular flexibility index (Phi) is 3.73. The number of ether oxygens (including phenoxy) is 1. The fourth-order valence-corrected chi connectivity index (χ4v) is 1.51. The molecule has 1 aromatic rings. The molecule has 0 atom stereocenters. The van der Waals surface area contributed by atoms with Gasteiger partial charge in [-0.15, -0.1) is 11.3 Å². The second-order valence-corrected chi connectivity index (χ2v) is 3.24. The van der Waals surface area contributed by atoms with Crippen molar-refractivity contribution in [3.8, 4) is 0 Å². The molecule has 0 spiro atoms. The first-order chi connectivity index (χ1) is 6.69. The number of hydrogen-bond acceptors (Lipinski definition) is 6. The summed E-state index contributed by atoms with van der Waals surface area (Å²) in [6, 6.07) is 0. The molecule has 6 heteroatoms. The van der Waals surface area contributed by atoms with Gasteiger partial charge in [-0.2, -0.15) is 0 Å². The van der Waals surface area contributed by atoms with E-state index in [2.05, 4.69) is 4.98 Å². The van der Waals surface area contributed by atoms with Crippen molar-refractivity contribution in [2.45, 2.75) is 6.92 Å². The van der Waals surface area contributed by atoms with Gasteiger partial charge in [-0.3, -0.25) is 4.79 Å². The quantitative estimate of drug-likeness (QED) is 0.581. The van der Waals surface area contributed by atoms with Gasteiger partial charge in [0.25, 0.3) is 0 Å². The highest BCUT2D eigenvalue weighted by atomic mass is 32.1. The van der Waals surface area contributed by atoms with Gasteiger partial charge >= 0.3 is 5.97 Å². The Morgan fingerprint density at radius 3 is 2.93 bits per heavy atom. The van der Waals surface area contributed by atoms with E-state index in [0.29, 0.717) is 6.61 Å². The van der Waals surface area contributed by atoms with E-state index < -0.39 is 5.97 Å². The predicted octanol–water partition coefficient (Wildman–Crippen LogP) is 0.461. The van der Waals surface area contributed by atoms with Crippen LogP contribution in [0.1, 0.15) is 27.2 Å². The van der Waals surface area contributed by atoms with Crippen LogP contribution in [-0.4, -0.2) is 29.9 Å². The van der Waals surface area contributed by atoms with Crippen LogP contribution in [0.3, 0.4) is 0 Å². The molecular weight excluding hydrogens is 204 g/mol. The molecule has 76 valence electrons. The first kappa shape index (κ1) is 10.8. The number of rotatable bonds is 4. The molecule has 0 bridgehead atoms. The lowest BCUT2D eigenvalue weighted by molar-refractivity contribution is 0.0526. The fourth-order valence-electron chi connectivity index (χ4n) is 0.793. The van der Waals surface area contributed by atoms with Gasteiger partial charge in [-0.05, 0) is 6.92 Å². The Bertz CT molecular complexity index is 348. The maximum Gasteiger partial charge on any atom is 0.367 e. The molecule has 0 aliphatic heterocycles. The van der Waals surface area contributed by atoms with E-state index in [-0.39, 0.29) is 23.0 Å². The van der Waals surface area contributed by atoms with Crippen molar-refractivity contribution < 1.29 is 14.3 Å². The van der Waals surface area contributed by atoms with Crippen LogP contribution >= 0.6 is 11.3 Å². The highest BCUT2D eigenvalue weighted by Crippen LogP contribution is 2.11. The average molecular weight is 214 g/mol. The Morgan fingerprint density at radius 2 is 2.36 bits per heavy atom. The molecule has 1 heterocycles. The van der Waals surface area contributed by atoms with Crippen molar-refractivity contribution in [2.75, 3.05) is 13.2 Å². The van der Waals surface area contributed by atoms with Crippen LogP contribution < -0.4 is 5.73 Å². The second-order valence-electron chi connectivity index (χ2n) is 2.39. The summed E-state index contributed by atoms with van der Waals surface area (Å²) in [4.78, 5) is 26.0. The van der Waals surface area contributed by atoms with E-state index in [9.17, 15) is 9.59 Å². The lowest BCUT2D eigenvalue weighted by Gasteiger charge is -1.95. The molecule has 0 amide bonds. The summed E-state index contributed by atoms with van der Waals surface area (Å²) in [5.41, 5.74) is 5.37. The number of carbonyl (C=O) groups is 2. The third kappa shape index (κ3) is 2.36. The van der Waals surface area contributed by atoms with E-state index in [1.54, 1.807) is 6.92 Å². The van der Waals surface area contributed by atoms with Crippen molar-refractivity contribution in [1.29, 1.82) is 0 Å². The van der Waals surface area contributed by atoms with Gasteiger partial charge in [-0.1, -0.05) is 0 Å². The average Bonchev–Trinajstić information content (AvgIpc) is 2.66. The minimum atomic E-state index is -0.506. The zero-order valence-corrected chi connectivity index (χ0v) is 8.47. The number of ketones is 1. The Balaban J connectivity index is 2.77. The van der Waals surface area contributed by atoms with Crippen molar-refractivity contribution in [3.63, 3.8) is 0 Å². The molecule has 5 nitrogen and oxygen atoms in total. The Hall–Kier alpha value is -1.27. The molecule has 0 aliphatic carbocycles. The summed E-state index contributed by atoms with van der Waals surface area (Å²) >= 11 is 1.08. The number of nitrogens with two attached hydrogens (primary N) is 1. The molecule has 1 aromatic heterocycles. The predicted molar refractivity (Wildman–Crippen MR) is 51.5 cm³/mol. The molecule has 0 fully saturated rings. The molecule has 2 N–H and O–H groups in total. The van der Waals surface area contributed by atoms with E-state index in [1.807, 2.05) is 0 Å². The monoisotopic (exact) mass is 214 g/mol. The summed E-state index contributed by atoms with van der Waals surface area (Å²) < 4.78 is 4.72. The standard InChI is InChI=1S/C8H10N2O3S/c1-2-13-8(12)7-10-5(4-14-7)6(11)3-9/h4H,2-3,9H2,1H3. The molecule has 0 radical (unpaired) electrons. The third-order valence-corrected chi connectivity index (χ3v) is 2.25. The van der Waals surface area contributed by atoms with Crippen LogP contribution in [0.5, 0.6) is 0 Å². The normalized spacial score (nSPS) is 9.86. The molecule has 0 saturated carbocycles. The summed E-state index contributed by atoms with van der Waals surface area (Å²) in [5.74, 6) is -0.787. The van der Waals surface area contributed by atoms with Crippen LogP contribution in [0.4, 0.5) is 0 Å². The highest BCUT2D eigenvalue weighted by molar-refractivity contribution is 7.11. The van der Waals surface area contributed by atoms with Crippen LogP contribution in [0, 0.1) is 0 Å². The Labute approximate surface area is 84.9 Å². The largest absolute Gasteiger partial charge is 0.461 e. The van der Waals surface area contributed by atoms with Gasteiger partial charge in [-0.25, -0.2) is 9.78 Å². The van der Waals surface area contributed by atoms with Crippen LogP contribution in [0.2, 0.25) is 0 Å². The van der Waals surface area contributed by atoms with E-state index in [0.717, 1.165) is 11.3 Å². The first-order valence-corrected chi connectivity index (χ1v) is 4.93. The lowest BCUT2D eigenvalue weighted by Crippen LogP contribution is -2.14. The van der Waals surface area contributed by atoms with Gasteiger partial charge < -0.3 is 10.5 Å².